The summed E-state index contributed by atoms with van der Waals surface area (Å²) in [6.45, 7) is 0. The van der Waals surface area contributed by atoms with Crippen LogP contribution in [-0.2, 0) is 10.0 Å². The van der Waals surface area contributed by atoms with E-state index in [2.05, 4.69) is 10.0 Å². The molecule has 0 radical (unpaired) electrons. The van der Waals surface area contributed by atoms with Crippen molar-refractivity contribution >= 4 is 33.2 Å². The topological polar surface area (TPSA) is 75.3 Å². The first-order chi connectivity index (χ1) is 12.9. The number of nitrogens with one attached hydrogen (secondary N) is 2. The van der Waals surface area contributed by atoms with Crippen LogP contribution in [0.25, 0.3) is 11.1 Å². The zero-order valence-electron chi connectivity index (χ0n) is 14.4. The van der Waals surface area contributed by atoms with Crippen molar-refractivity contribution in [1.82, 2.24) is 4.72 Å². The lowest BCUT2D eigenvalue weighted by Gasteiger charge is -2.09. The summed E-state index contributed by atoms with van der Waals surface area (Å²) >= 11 is 5.95. The fourth-order valence-corrected chi connectivity index (χ4v) is 3.79. The molecule has 7 heteroatoms. The molecule has 3 aromatic rings. The van der Waals surface area contributed by atoms with E-state index in [0.29, 0.717) is 5.69 Å². The summed E-state index contributed by atoms with van der Waals surface area (Å²) in [4.78, 5) is 12.3. The summed E-state index contributed by atoms with van der Waals surface area (Å²) in [5.41, 5.74) is 2.91. The molecule has 0 aliphatic carbocycles. The van der Waals surface area contributed by atoms with Crippen LogP contribution >= 0.6 is 11.6 Å². The van der Waals surface area contributed by atoms with Gasteiger partial charge < -0.3 is 5.32 Å². The van der Waals surface area contributed by atoms with Crippen molar-refractivity contribution in [3.63, 3.8) is 0 Å². The highest BCUT2D eigenvalue weighted by atomic mass is 35.5. The molecule has 2 N–H and O–H groups in total. The van der Waals surface area contributed by atoms with E-state index in [9.17, 15) is 13.2 Å². The zero-order valence-corrected chi connectivity index (χ0v) is 16.0. The minimum absolute atomic E-state index is 0.0492. The highest BCUT2D eigenvalue weighted by Crippen LogP contribution is 2.24. The van der Waals surface area contributed by atoms with Gasteiger partial charge in [0.05, 0.1) is 5.02 Å². The maximum absolute atomic E-state index is 12.5. The number of carbonyl (C=O) groups is 1. The monoisotopic (exact) mass is 400 g/mol. The van der Waals surface area contributed by atoms with Crippen LogP contribution in [0.1, 0.15) is 10.4 Å². The predicted octanol–water partition coefficient (Wildman–Crippen LogP) is 4.17. The second kappa shape index (κ2) is 7.92. The van der Waals surface area contributed by atoms with Crippen LogP contribution in [0.5, 0.6) is 0 Å². The average Bonchev–Trinajstić information content (AvgIpc) is 2.69. The van der Waals surface area contributed by atoms with Crippen molar-refractivity contribution in [3.8, 4) is 11.1 Å². The van der Waals surface area contributed by atoms with E-state index < -0.39 is 15.9 Å². The second-order valence-corrected chi connectivity index (χ2v) is 8.01. The van der Waals surface area contributed by atoms with Crippen LogP contribution in [0.15, 0.2) is 77.7 Å². The van der Waals surface area contributed by atoms with Gasteiger partial charge in [0, 0.05) is 11.3 Å². The maximum atomic E-state index is 12.5. The largest absolute Gasteiger partial charge is 0.322 e. The lowest BCUT2D eigenvalue weighted by atomic mass is 10.1. The number of benzene rings is 3. The van der Waals surface area contributed by atoms with Crippen molar-refractivity contribution < 1.29 is 13.2 Å². The Kier molecular flexibility index (Phi) is 5.60. The Labute approximate surface area is 163 Å². The van der Waals surface area contributed by atoms with Crippen molar-refractivity contribution in [2.24, 2.45) is 0 Å². The second-order valence-electron chi connectivity index (χ2n) is 5.75. The van der Waals surface area contributed by atoms with Gasteiger partial charge in [-0.05, 0) is 48.5 Å². The van der Waals surface area contributed by atoms with Crippen LogP contribution in [0.2, 0.25) is 5.02 Å². The summed E-state index contributed by atoms with van der Waals surface area (Å²) in [5.74, 6) is -0.424. The van der Waals surface area contributed by atoms with E-state index in [1.165, 1.54) is 25.2 Å². The standard InChI is InChI=1S/C20H17ClN2O3S/c1-22-27(25,26)19-13-16(9-12-18(19)21)20(24)23-17-10-7-15(8-11-17)14-5-3-2-4-6-14/h2-13,22H,1H3,(H,23,24). The third-order valence-corrected chi connectivity index (χ3v) is 5.90. The summed E-state index contributed by atoms with van der Waals surface area (Å²) in [5, 5.41) is 2.80. The van der Waals surface area contributed by atoms with Gasteiger partial charge in [0.25, 0.3) is 5.91 Å². The normalized spacial score (nSPS) is 11.2. The molecule has 0 aliphatic rings. The third-order valence-electron chi connectivity index (χ3n) is 4.00. The molecule has 5 nitrogen and oxygen atoms in total. The molecule has 0 fully saturated rings. The van der Waals surface area contributed by atoms with Crippen LogP contribution in [0, 0.1) is 0 Å². The third kappa shape index (κ3) is 4.36. The van der Waals surface area contributed by atoms with Gasteiger partial charge in [-0.25, -0.2) is 13.1 Å². The SMILES string of the molecule is CNS(=O)(=O)c1cc(C(=O)Nc2ccc(-c3ccccc3)cc2)ccc1Cl. The number of amides is 1. The first-order valence-electron chi connectivity index (χ1n) is 8.10. The molecular weight excluding hydrogens is 384 g/mol. The van der Waals surface area contributed by atoms with Gasteiger partial charge in [0.1, 0.15) is 4.90 Å². The minimum Gasteiger partial charge on any atom is -0.322 e. The molecule has 138 valence electrons. The van der Waals surface area contributed by atoms with E-state index in [0.717, 1.165) is 11.1 Å². The quantitative estimate of drug-likeness (QED) is 0.675. The van der Waals surface area contributed by atoms with Gasteiger partial charge in [0.2, 0.25) is 10.0 Å². The highest BCUT2D eigenvalue weighted by molar-refractivity contribution is 7.89. The molecule has 0 unspecified atom stereocenters. The van der Waals surface area contributed by atoms with Crippen LogP contribution in [-0.4, -0.2) is 21.4 Å². The molecule has 1 amide bonds. The number of sulfonamides is 1. The smallest absolute Gasteiger partial charge is 0.255 e. The number of anilines is 1. The Morgan fingerprint density at radius 2 is 1.52 bits per heavy atom. The Morgan fingerprint density at radius 3 is 2.15 bits per heavy atom. The predicted molar refractivity (Wildman–Crippen MR) is 108 cm³/mol. The number of rotatable bonds is 5. The molecule has 0 saturated heterocycles. The molecule has 0 heterocycles. The first-order valence-corrected chi connectivity index (χ1v) is 9.97. The molecule has 3 rings (SSSR count). The lowest BCUT2D eigenvalue weighted by Crippen LogP contribution is -2.20. The molecular formula is C20H17ClN2O3S. The van der Waals surface area contributed by atoms with E-state index >= 15 is 0 Å². The van der Waals surface area contributed by atoms with Crippen molar-refractivity contribution in [3.05, 3.63) is 83.4 Å². The van der Waals surface area contributed by atoms with E-state index in [1.54, 1.807) is 12.1 Å². The Morgan fingerprint density at radius 1 is 0.889 bits per heavy atom. The number of halogens is 1. The van der Waals surface area contributed by atoms with Gasteiger partial charge in [-0.2, -0.15) is 0 Å². The molecule has 0 bridgehead atoms. The maximum Gasteiger partial charge on any atom is 0.255 e. The Hall–Kier alpha value is -2.67. The Bertz CT molecular complexity index is 1070. The Balaban J connectivity index is 1.81. The highest BCUT2D eigenvalue weighted by Gasteiger charge is 2.18. The summed E-state index contributed by atoms with van der Waals surface area (Å²) in [6.07, 6.45) is 0. The van der Waals surface area contributed by atoms with Crippen molar-refractivity contribution in [2.75, 3.05) is 12.4 Å². The molecule has 0 atom stereocenters. The molecule has 27 heavy (non-hydrogen) atoms. The fourth-order valence-electron chi connectivity index (χ4n) is 2.54. The van der Waals surface area contributed by atoms with Gasteiger partial charge in [-0.15, -0.1) is 0 Å². The fraction of sp³-hybridized carbons (Fsp3) is 0.0500. The zero-order chi connectivity index (χ0) is 19.4. The van der Waals surface area contributed by atoms with Crippen LogP contribution in [0.3, 0.4) is 0 Å². The molecule has 0 saturated carbocycles. The van der Waals surface area contributed by atoms with E-state index in [4.69, 9.17) is 11.6 Å². The minimum atomic E-state index is -3.76. The first kappa shape index (κ1) is 19.1. The van der Waals surface area contributed by atoms with Crippen LogP contribution in [0.4, 0.5) is 5.69 Å². The molecule has 0 spiro atoms. The van der Waals surface area contributed by atoms with Gasteiger partial charge in [-0.3, -0.25) is 4.79 Å². The van der Waals surface area contributed by atoms with Gasteiger partial charge in [-0.1, -0.05) is 54.1 Å². The van der Waals surface area contributed by atoms with Gasteiger partial charge >= 0.3 is 0 Å². The average molecular weight is 401 g/mol. The van der Waals surface area contributed by atoms with Crippen molar-refractivity contribution in [1.29, 1.82) is 0 Å². The number of carbonyl (C=O) groups excluding carboxylic acids is 1. The number of hydrogen-bond acceptors (Lipinski definition) is 3. The van der Waals surface area contributed by atoms with Crippen molar-refractivity contribution in [2.45, 2.75) is 4.90 Å². The summed E-state index contributed by atoms with van der Waals surface area (Å²) in [7, 11) is -2.47. The molecule has 0 aliphatic heterocycles. The summed E-state index contributed by atoms with van der Waals surface area (Å²) < 4.78 is 26.2. The van der Waals surface area contributed by atoms with Gasteiger partial charge in [0.15, 0.2) is 0 Å². The van der Waals surface area contributed by atoms with E-state index in [-0.39, 0.29) is 15.5 Å². The van der Waals surface area contributed by atoms with E-state index in [1.807, 2.05) is 42.5 Å². The number of hydrogen-bond donors (Lipinski definition) is 2. The summed E-state index contributed by atoms with van der Waals surface area (Å²) in [6, 6.07) is 21.4. The molecule has 0 aromatic heterocycles. The molecule has 3 aromatic carbocycles. The van der Waals surface area contributed by atoms with Crippen LogP contribution < -0.4 is 10.0 Å². The lowest BCUT2D eigenvalue weighted by molar-refractivity contribution is 0.102.